The molecular formula is C36H55N5O5. The van der Waals surface area contributed by atoms with E-state index in [2.05, 4.69) is 38.2 Å². The molecule has 0 radical (unpaired) electrons. The minimum Gasteiger partial charge on any atom is -0.469 e. The van der Waals surface area contributed by atoms with Crippen molar-refractivity contribution in [3.63, 3.8) is 0 Å². The van der Waals surface area contributed by atoms with Crippen molar-refractivity contribution in [3.05, 3.63) is 64.7 Å². The summed E-state index contributed by atoms with van der Waals surface area (Å²) in [7, 11) is 1.39. The largest absolute Gasteiger partial charge is 0.469 e. The first kappa shape index (κ1) is 38.2. The number of anilines is 1. The van der Waals surface area contributed by atoms with Crippen LogP contribution in [0, 0.1) is 0 Å². The van der Waals surface area contributed by atoms with Crippen LogP contribution in [0.4, 0.5) is 5.95 Å². The van der Waals surface area contributed by atoms with E-state index in [0.29, 0.717) is 24.0 Å². The summed E-state index contributed by atoms with van der Waals surface area (Å²) in [6, 6.07) is 9.52. The minimum atomic E-state index is -0.301. The van der Waals surface area contributed by atoms with Crippen LogP contribution in [-0.2, 0) is 25.5 Å². The summed E-state index contributed by atoms with van der Waals surface area (Å²) >= 11 is 0. The number of H-pyrrole nitrogens is 2. The fourth-order valence-corrected chi connectivity index (χ4v) is 5.22. The number of methoxy groups -OCH3 is 1. The maximum atomic E-state index is 11.8. The number of fused-ring (bicyclic) bond motifs is 1. The number of unbranched alkanes of at least 4 members (excludes halogenated alkanes) is 12. The van der Waals surface area contributed by atoms with Crippen molar-refractivity contribution in [2.24, 2.45) is 0 Å². The minimum absolute atomic E-state index is 0.00206. The van der Waals surface area contributed by atoms with E-state index >= 15 is 0 Å². The summed E-state index contributed by atoms with van der Waals surface area (Å²) in [6.45, 7) is 6.23. The lowest BCUT2D eigenvalue weighted by Crippen LogP contribution is -2.14. The van der Waals surface area contributed by atoms with Gasteiger partial charge in [-0.15, -0.1) is 0 Å². The van der Waals surface area contributed by atoms with Gasteiger partial charge in [0.25, 0.3) is 5.56 Å². The second-order valence-electron chi connectivity index (χ2n) is 11.9. The molecule has 1 aromatic carbocycles. The third-order valence-corrected chi connectivity index (χ3v) is 7.85. The molecule has 1 saturated carbocycles. The van der Waals surface area contributed by atoms with Crippen LogP contribution >= 0.6 is 0 Å². The number of esters is 2. The van der Waals surface area contributed by atoms with Crippen molar-refractivity contribution in [2.45, 2.75) is 129 Å². The number of ether oxygens (including phenoxy) is 2. The van der Waals surface area contributed by atoms with Gasteiger partial charge in [0.05, 0.1) is 19.9 Å². The normalized spacial score (nSPS) is 13.8. The van der Waals surface area contributed by atoms with Gasteiger partial charge in [0, 0.05) is 12.8 Å². The van der Waals surface area contributed by atoms with Crippen molar-refractivity contribution in [2.75, 3.05) is 12.8 Å². The Balaban J connectivity index is 0.000000274. The zero-order valence-corrected chi connectivity index (χ0v) is 28.0. The monoisotopic (exact) mass is 637 g/mol. The van der Waals surface area contributed by atoms with Crippen molar-refractivity contribution < 1.29 is 19.1 Å². The molecule has 254 valence electrons. The van der Waals surface area contributed by atoms with Crippen molar-refractivity contribution in [1.82, 2.24) is 19.9 Å². The number of aromatic amines is 2. The number of hydrogen-bond donors (Lipinski definition) is 3. The molecule has 0 saturated heterocycles. The summed E-state index contributed by atoms with van der Waals surface area (Å²) in [6.07, 6.45) is 22.7. The number of imidazole rings is 1. The number of benzene rings is 1. The third kappa shape index (κ3) is 16.9. The highest BCUT2D eigenvalue weighted by Crippen LogP contribution is 2.26. The molecule has 1 unspecified atom stereocenters. The number of carbonyl (C=O) groups excluding carboxylic acids is 2. The van der Waals surface area contributed by atoms with Gasteiger partial charge in [-0.05, 0) is 24.8 Å². The lowest BCUT2D eigenvalue weighted by atomic mass is 10.0. The van der Waals surface area contributed by atoms with E-state index in [1.54, 1.807) is 0 Å². The Bertz CT molecular complexity index is 1340. The maximum absolute atomic E-state index is 11.8. The van der Waals surface area contributed by atoms with Crippen molar-refractivity contribution in [3.8, 4) is 0 Å². The first-order valence-electron chi connectivity index (χ1n) is 17.0. The zero-order chi connectivity index (χ0) is 33.4. The van der Waals surface area contributed by atoms with E-state index in [4.69, 9.17) is 10.5 Å². The molecule has 0 aliphatic heterocycles. The van der Waals surface area contributed by atoms with Crippen LogP contribution in [0.3, 0.4) is 0 Å². The molecule has 0 amide bonds. The standard InChI is InChI=1S/C22H40O2.C9H10O2.C5H5N5O/c1-3-4-5-6-7-8-9-10-11-12-13-14-15-16-22(23)24-21-18-17-20(2)19-21;1-11-9(10)7-8-5-3-2-4-6-8;6-5-9-3-2(4(11)10-5)7-1-8-3/h21H,2-19H2,1H3;2-6H,7H2,1H3;1H,(H4,6,7,8,9,10,11). The van der Waals surface area contributed by atoms with Crippen LogP contribution in [0.25, 0.3) is 11.2 Å². The molecule has 4 N–H and O–H groups in total. The number of carbonyl (C=O) groups is 2. The highest BCUT2D eigenvalue weighted by atomic mass is 16.5. The van der Waals surface area contributed by atoms with E-state index in [1.165, 1.54) is 96.1 Å². The molecule has 46 heavy (non-hydrogen) atoms. The van der Waals surface area contributed by atoms with Crippen LogP contribution in [0.5, 0.6) is 0 Å². The fourth-order valence-electron chi connectivity index (χ4n) is 5.22. The number of nitrogens with zero attached hydrogens (tertiary/aromatic N) is 2. The maximum Gasteiger partial charge on any atom is 0.309 e. The molecule has 1 aliphatic carbocycles. The number of nitrogen functional groups attached to an aromatic ring is 1. The third-order valence-electron chi connectivity index (χ3n) is 7.85. The smallest absolute Gasteiger partial charge is 0.309 e. The lowest BCUT2D eigenvalue weighted by Gasteiger charge is -2.10. The first-order chi connectivity index (χ1) is 22.3. The first-order valence-corrected chi connectivity index (χ1v) is 17.0. The second-order valence-corrected chi connectivity index (χ2v) is 11.9. The predicted octanol–water partition coefficient (Wildman–Crippen LogP) is 7.75. The van der Waals surface area contributed by atoms with Crippen LogP contribution in [0.1, 0.15) is 122 Å². The zero-order valence-electron chi connectivity index (χ0n) is 28.0. The predicted molar refractivity (Wildman–Crippen MR) is 184 cm³/mol. The van der Waals surface area contributed by atoms with E-state index in [0.717, 1.165) is 31.2 Å². The SMILES string of the molecule is C=C1CCC(OC(=O)CCCCCCCCCCCCCCC)C1.COC(=O)Cc1ccccc1.Nc1nc2nc[nH]c2c(=O)[nH]1. The molecule has 10 nitrogen and oxygen atoms in total. The van der Waals surface area contributed by atoms with Crippen LogP contribution in [-0.4, -0.2) is 45.1 Å². The van der Waals surface area contributed by atoms with Gasteiger partial charge in [-0.3, -0.25) is 19.4 Å². The van der Waals surface area contributed by atoms with Crippen LogP contribution in [0.2, 0.25) is 0 Å². The second kappa shape index (κ2) is 23.4. The highest BCUT2D eigenvalue weighted by molar-refractivity contribution is 5.72. The fraction of sp³-hybridized carbons (Fsp3) is 0.583. The molecule has 0 spiro atoms. The van der Waals surface area contributed by atoms with Gasteiger partial charge in [-0.1, -0.05) is 126 Å². The molecule has 4 rings (SSSR count). The average molecular weight is 638 g/mol. The molecular weight excluding hydrogens is 582 g/mol. The molecule has 1 atom stereocenters. The Morgan fingerprint density at radius 2 is 1.54 bits per heavy atom. The summed E-state index contributed by atoms with van der Waals surface area (Å²) in [5.41, 5.74) is 7.86. The van der Waals surface area contributed by atoms with Gasteiger partial charge in [-0.25, -0.2) is 4.98 Å². The number of nitrogens with one attached hydrogen (secondary N) is 2. The van der Waals surface area contributed by atoms with E-state index < -0.39 is 0 Å². The number of hydrogen-bond acceptors (Lipinski definition) is 8. The quantitative estimate of drug-likeness (QED) is 0.0771. The van der Waals surface area contributed by atoms with E-state index in [-0.39, 0.29) is 29.6 Å². The molecule has 1 aliphatic rings. The van der Waals surface area contributed by atoms with E-state index in [9.17, 15) is 14.4 Å². The molecule has 2 aromatic heterocycles. The Morgan fingerprint density at radius 3 is 2.11 bits per heavy atom. The highest BCUT2D eigenvalue weighted by Gasteiger charge is 2.21. The summed E-state index contributed by atoms with van der Waals surface area (Å²) in [4.78, 5) is 46.1. The average Bonchev–Trinajstić information content (AvgIpc) is 3.69. The molecule has 1 fully saturated rings. The lowest BCUT2D eigenvalue weighted by molar-refractivity contribution is -0.148. The van der Waals surface area contributed by atoms with Crippen LogP contribution in [0.15, 0.2) is 53.6 Å². The number of nitrogens with two attached hydrogens (primary N) is 1. The van der Waals surface area contributed by atoms with Gasteiger partial charge in [0.15, 0.2) is 11.2 Å². The Morgan fingerprint density at radius 1 is 0.935 bits per heavy atom. The van der Waals surface area contributed by atoms with Crippen molar-refractivity contribution in [1.29, 1.82) is 0 Å². The van der Waals surface area contributed by atoms with E-state index in [1.807, 2.05) is 30.3 Å². The summed E-state index contributed by atoms with van der Waals surface area (Å²) < 4.78 is 10.0. The topological polar surface area (TPSA) is 153 Å². The van der Waals surface area contributed by atoms with Crippen molar-refractivity contribution >= 4 is 29.1 Å². The molecule has 3 aromatic rings. The summed E-state index contributed by atoms with van der Waals surface area (Å²) in [5.74, 6) is -0.122. The molecule has 0 bridgehead atoms. The summed E-state index contributed by atoms with van der Waals surface area (Å²) in [5, 5.41) is 0. The molecule has 2 heterocycles. The molecule has 10 heteroatoms. The number of rotatable bonds is 17. The number of aromatic nitrogens is 4. The van der Waals surface area contributed by atoms with Gasteiger partial charge < -0.3 is 20.2 Å². The Labute approximate surface area is 274 Å². The van der Waals surface area contributed by atoms with Gasteiger partial charge in [-0.2, -0.15) is 4.98 Å². The van der Waals surface area contributed by atoms with Gasteiger partial charge in [0.2, 0.25) is 5.95 Å². The Hall–Kier alpha value is -3.95. The Kier molecular flexibility index (Phi) is 19.4. The van der Waals surface area contributed by atoms with Crippen LogP contribution < -0.4 is 11.3 Å². The van der Waals surface area contributed by atoms with Gasteiger partial charge >= 0.3 is 11.9 Å². The van der Waals surface area contributed by atoms with Gasteiger partial charge in [0.1, 0.15) is 6.10 Å².